The van der Waals surface area contributed by atoms with E-state index >= 15 is 0 Å². The first-order valence-electron chi connectivity index (χ1n) is 5.65. The zero-order chi connectivity index (χ0) is 10.3. The molecule has 1 atom stereocenters. The smallest absolute Gasteiger partial charge is 0.251 e. The van der Waals surface area contributed by atoms with E-state index in [2.05, 4.69) is 15.3 Å². The number of aromatic nitrogens is 2. The highest BCUT2D eigenvalue weighted by atomic mass is 16.1. The third-order valence-corrected chi connectivity index (χ3v) is 3.22. The first-order chi connectivity index (χ1) is 7.33. The van der Waals surface area contributed by atoms with Crippen LogP contribution in [0.1, 0.15) is 42.6 Å². The van der Waals surface area contributed by atoms with Gasteiger partial charge in [0.1, 0.15) is 5.82 Å². The van der Waals surface area contributed by atoms with Crippen molar-refractivity contribution in [3.8, 4) is 0 Å². The monoisotopic (exact) mass is 205 g/mol. The minimum Gasteiger partial charge on any atom is -0.316 e. The Labute approximate surface area is 88.1 Å². The minimum absolute atomic E-state index is 0.00815. The average Bonchev–Trinajstić information content (AvgIpc) is 2.93. The molecule has 1 aromatic heterocycles. The van der Waals surface area contributed by atoms with Gasteiger partial charge in [0.15, 0.2) is 0 Å². The van der Waals surface area contributed by atoms with Crippen molar-refractivity contribution in [1.82, 2.24) is 15.3 Å². The van der Waals surface area contributed by atoms with Gasteiger partial charge in [-0.1, -0.05) is 0 Å². The van der Waals surface area contributed by atoms with Crippen LogP contribution in [0.5, 0.6) is 0 Å². The van der Waals surface area contributed by atoms with Crippen LogP contribution in [0.15, 0.2) is 10.9 Å². The molecule has 0 amide bonds. The molecule has 4 heteroatoms. The number of nitrogens with zero attached hydrogens (tertiary/aromatic N) is 1. The van der Waals surface area contributed by atoms with Crippen LogP contribution in [-0.4, -0.2) is 23.1 Å². The van der Waals surface area contributed by atoms with E-state index in [9.17, 15) is 4.79 Å². The normalized spacial score (nSPS) is 25.7. The van der Waals surface area contributed by atoms with Crippen molar-refractivity contribution in [2.75, 3.05) is 13.1 Å². The van der Waals surface area contributed by atoms with Gasteiger partial charge < -0.3 is 10.3 Å². The molecule has 1 aliphatic heterocycles. The van der Waals surface area contributed by atoms with Gasteiger partial charge in [0.05, 0.1) is 5.69 Å². The van der Waals surface area contributed by atoms with Gasteiger partial charge in [-0.2, -0.15) is 0 Å². The Hall–Kier alpha value is -1.16. The van der Waals surface area contributed by atoms with Crippen molar-refractivity contribution in [2.45, 2.75) is 31.1 Å². The molecule has 2 heterocycles. The molecule has 1 saturated carbocycles. The number of nitrogens with one attached hydrogen (secondary N) is 2. The Morgan fingerprint density at radius 1 is 1.27 bits per heavy atom. The molecule has 0 bridgehead atoms. The highest BCUT2D eigenvalue weighted by molar-refractivity contribution is 5.15. The summed E-state index contributed by atoms with van der Waals surface area (Å²) in [7, 11) is 0. The zero-order valence-electron chi connectivity index (χ0n) is 8.62. The summed E-state index contributed by atoms with van der Waals surface area (Å²) in [6.45, 7) is 2.00. The molecular weight excluding hydrogens is 190 g/mol. The summed E-state index contributed by atoms with van der Waals surface area (Å²) in [5.74, 6) is 1.86. The molecule has 2 fully saturated rings. The van der Waals surface area contributed by atoms with Gasteiger partial charge in [0.25, 0.3) is 5.56 Å². The number of aromatic amines is 1. The van der Waals surface area contributed by atoms with Crippen LogP contribution in [0.25, 0.3) is 0 Å². The molecule has 15 heavy (non-hydrogen) atoms. The predicted octanol–water partition coefficient (Wildman–Crippen LogP) is 0.724. The lowest BCUT2D eigenvalue weighted by atomic mass is 10.0. The maximum Gasteiger partial charge on any atom is 0.251 e. The molecule has 80 valence electrons. The van der Waals surface area contributed by atoms with E-state index in [1.165, 1.54) is 12.8 Å². The lowest BCUT2D eigenvalue weighted by Crippen LogP contribution is -2.16. The molecule has 3 rings (SSSR count). The van der Waals surface area contributed by atoms with Crippen molar-refractivity contribution < 1.29 is 0 Å². The lowest BCUT2D eigenvalue weighted by Gasteiger charge is -2.08. The van der Waals surface area contributed by atoms with Gasteiger partial charge in [0.2, 0.25) is 0 Å². The summed E-state index contributed by atoms with van der Waals surface area (Å²) in [5.41, 5.74) is 0.986. The fourth-order valence-corrected chi connectivity index (χ4v) is 2.16. The summed E-state index contributed by atoms with van der Waals surface area (Å²) in [4.78, 5) is 18.9. The maximum atomic E-state index is 11.5. The predicted molar refractivity (Wildman–Crippen MR) is 57.1 cm³/mol. The number of hydrogen-bond acceptors (Lipinski definition) is 3. The van der Waals surface area contributed by atoms with Crippen molar-refractivity contribution in [3.05, 3.63) is 27.9 Å². The fourth-order valence-electron chi connectivity index (χ4n) is 2.16. The number of rotatable bonds is 2. The summed E-state index contributed by atoms with van der Waals surface area (Å²) in [6, 6.07) is 1.66. The molecule has 1 aliphatic carbocycles. The number of H-pyrrole nitrogens is 1. The summed E-state index contributed by atoms with van der Waals surface area (Å²) in [5, 5.41) is 3.30. The van der Waals surface area contributed by atoms with Crippen LogP contribution in [0, 0.1) is 0 Å². The van der Waals surface area contributed by atoms with E-state index in [1.807, 2.05) is 0 Å². The van der Waals surface area contributed by atoms with Crippen molar-refractivity contribution >= 4 is 0 Å². The van der Waals surface area contributed by atoms with Gasteiger partial charge in [-0.05, 0) is 25.8 Å². The second-order valence-electron chi connectivity index (χ2n) is 4.52. The van der Waals surface area contributed by atoms with Crippen LogP contribution >= 0.6 is 0 Å². The third kappa shape index (κ3) is 1.81. The van der Waals surface area contributed by atoms with Gasteiger partial charge in [-0.15, -0.1) is 0 Å². The van der Waals surface area contributed by atoms with E-state index < -0.39 is 0 Å². The summed E-state index contributed by atoms with van der Waals surface area (Å²) in [6.07, 6.45) is 3.45. The topological polar surface area (TPSA) is 57.8 Å². The fraction of sp³-hybridized carbons (Fsp3) is 0.636. The minimum atomic E-state index is 0.00815. The van der Waals surface area contributed by atoms with Crippen LogP contribution in [0.2, 0.25) is 0 Å². The molecule has 1 aromatic rings. The molecule has 1 unspecified atom stereocenters. The van der Waals surface area contributed by atoms with Gasteiger partial charge in [-0.25, -0.2) is 4.98 Å². The molecule has 2 N–H and O–H groups in total. The Bertz CT molecular complexity index is 416. The van der Waals surface area contributed by atoms with E-state index in [0.29, 0.717) is 11.8 Å². The Morgan fingerprint density at radius 2 is 2.13 bits per heavy atom. The van der Waals surface area contributed by atoms with Gasteiger partial charge in [-0.3, -0.25) is 4.79 Å². The summed E-state index contributed by atoms with van der Waals surface area (Å²) < 4.78 is 0. The van der Waals surface area contributed by atoms with E-state index in [4.69, 9.17) is 0 Å². The SMILES string of the molecule is O=c1cc(C2CCNC2)nc(C2CC2)[nH]1. The van der Waals surface area contributed by atoms with Gasteiger partial charge >= 0.3 is 0 Å². The Morgan fingerprint density at radius 3 is 2.80 bits per heavy atom. The zero-order valence-corrected chi connectivity index (χ0v) is 8.62. The second-order valence-corrected chi connectivity index (χ2v) is 4.52. The molecular formula is C11H15N3O. The first kappa shape index (κ1) is 9.09. The highest BCUT2D eigenvalue weighted by Gasteiger charge is 2.27. The van der Waals surface area contributed by atoms with E-state index in [1.54, 1.807) is 6.07 Å². The third-order valence-electron chi connectivity index (χ3n) is 3.22. The standard InChI is InChI=1S/C11H15N3O/c15-10-5-9(8-3-4-12-6-8)13-11(14-10)7-1-2-7/h5,7-8,12H,1-4,6H2,(H,13,14,15). The van der Waals surface area contributed by atoms with Crippen molar-refractivity contribution in [1.29, 1.82) is 0 Å². The van der Waals surface area contributed by atoms with Crippen LogP contribution in [-0.2, 0) is 0 Å². The summed E-state index contributed by atoms with van der Waals surface area (Å²) >= 11 is 0. The molecule has 0 aromatic carbocycles. The second kappa shape index (κ2) is 3.45. The Balaban J connectivity index is 1.95. The quantitative estimate of drug-likeness (QED) is 0.748. The van der Waals surface area contributed by atoms with Gasteiger partial charge in [0, 0.05) is 24.4 Å². The number of hydrogen-bond donors (Lipinski definition) is 2. The van der Waals surface area contributed by atoms with E-state index in [0.717, 1.165) is 31.0 Å². The lowest BCUT2D eigenvalue weighted by molar-refractivity contribution is 0.712. The molecule has 2 aliphatic rings. The first-order valence-corrected chi connectivity index (χ1v) is 5.65. The van der Waals surface area contributed by atoms with E-state index in [-0.39, 0.29) is 5.56 Å². The largest absolute Gasteiger partial charge is 0.316 e. The van der Waals surface area contributed by atoms with Crippen molar-refractivity contribution in [2.24, 2.45) is 0 Å². The Kier molecular flexibility index (Phi) is 2.09. The molecule has 0 radical (unpaired) electrons. The highest BCUT2D eigenvalue weighted by Crippen LogP contribution is 2.37. The molecule has 0 spiro atoms. The molecule has 1 saturated heterocycles. The van der Waals surface area contributed by atoms with Crippen LogP contribution in [0.4, 0.5) is 0 Å². The van der Waals surface area contributed by atoms with Crippen LogP contribution < -0.4 is 10.9 Å². The maximum absolute atomic E-state index is 11.5. The van der Waals surface area contributed by atoms with Crippen LogP contribution in [0.3, 0.4) is 0 Å². The molecule has 4 nitrogen and oxygen atoms in total. The van der Waals surface area contributed by atoms with Crippen molar-refractivity contribution in [3.63, 3.8) is 0 Å². The average molecular weight is 205 g/mol.